The zero-order valence-electron chi connectivity index (χ0n) is 9.19. The SMILES string of the molecule is CCN1CCCC(c2ccc(N)nn2)C1. The maximum absolute atomic E-state index is 5.53. The summed E-state index contributed by atoms with van der Waals surface area (Å²) < 4.78 is 0. The number of anilines is 1. The van der Waals surface area contributed by atoms with Crippen molar-refractivity contribution in [1.82, 2.24) is 15.1 Å². The Morgan fingerprint density at radius 2 is 2.33 bits per heavy atom. The predicted octanol–water partition coefficient (Wildman–Crippen LogP) is 1.26. The Balaban J connectivity index is 2.06. The van der Waals surface area contributed by atoms with Gasteiger partial charge in [0, 0.05) is 12.5 Å². The quantitative estimate of drug-likeness (QED) is 0.791. The Bertz CT molecular complexity index is 309. The van der Waals surface area contributed by atoms with Crippen molar-refractivity contribution in [1.29, 1.82) is 0 Å². The lowest BCUT2D eigenvalue weighted by Gasteiger charge is -2.31. The van der Waals surface area contributed by atoms with Crippen LogP contribution in [-0.4, -0.2) is 34.7 Å². The van der Waals surface area contributed by atoms with Crippen LogP contribution in [0.1, 0.15) is 31.4 Å². The van der Waals surface area contributed by atoms with E-state index in [1.54, 1.807) is 0 Å². The molecule has 0 amide bonds. The summed E-state index contributed by atoms with van der Waals surface area (Å²) >= 11 is 0. The smallest absolute Gasteiger partial charge is 0.146 e. The molecule has 1 saturated heterocycles. The van der Waals surface area contributed by atoms with Crippen LogP contribution in [0.5, 0.6) is 0 Å². The largest absolute Gasteiger partial charge is 0.382 e. The predicted molar refractivity (Wildman–Crippen MR) is 60.5 cm³/mol. The minimum Gasteiger partial charge on any atom is -0.382 e. The number of aromatic nitrogens is 2. The number of nitrogens with two attached hydrogens (primary N) is 1. The molecule has 0 radical (unpaired) electrons. The van der Waals surface area contributed by atoms with Gasteiger partial charge in [-0.05, 0) is 38.1 Å². The molecule has 1 aromatic heterocycles. The van der Waals surface area contributed by atoms with Gasteiger partial charge in [-0.2, -0.15) is 5.10 Å². The fourth-order valence-corrected chi connectivity index (χ4v) is 2.15. The molecule has 1 aromatic rings. The molecule has 1 unspecified atom stereocenters. The third kappa shape index (κ3) is 2.45. The van der Waals surface area contributed by atoms with E-state index in [0.29, 0.717) is 11.7 Å². The highest BCUT2D eigenvalue weighted by molar-refractivity contribution is 5.26. The van der Waals surface area contributed by atoms with Gasteiger partial charge in [0.2, 0.25) is 0 Å². The average molecular weight is 206 g/mol. The van der Waals surface area contributed by atoms with E-state index in [1.165, 1.54) is 19.4 Å². The summed E-state index contributed by atoms with van der Waals surface area (Å²) in [6.45, 7) is 5.65. The highest BCUT2D eigenvalue weighted by Crippen LogP contribution is 2.24. The number of nitrogens with zero attached hydrogens (tertiary/aromatic N) is 3. The Labute approximate surface area is 90.5 Å². The molecule has 4 nitrogen and oxygen atoms in total. The van der Waals surface area contributed by atoms with Crippen molar-refractivity contribution in [2.45, 2.75) is 25.7 Å². The van der Waals surface area contributed by atoms with Gasteiger partial charge < -0.3 is 10.6 Å². The molecule has 2 rings (SSSR count). The number of nitrogen functional groups attached to an aromatic ring is 1. The van der Waals surface area contributed by atoms with Crippen LogP contribution < -0.4 is 5.73 Å². The highest BCUT2D eigenvalue weighted by Gasteiger charge is 2.21. The van der Waals surface area contributed by atoms with E-state index in [0.717, 1.165) is 18.8 Å². The molecule has 0 aliphatic carbocycles. The van der Waals surface area contributed by atoms with E-state index in [1.807, 2.05) is 12.1 Å². The Morgan fingerprint density at radius 1 is 1.47 bits per heavy atom. The molecule has 0 spiro atoms. The van der Waals surface area contributed by atoms with Gasteiger partial charge in [0.05, 0.1) is 5.69 Å². The first kappa shape index (κ1) is 10.4. The van der Waals surface area contributed by atoms with E-state index in [4.69, 9.17) is 5.73 Å². The number of hydrogen-bond donors (Lipinski definition) is 1. The first-order chi connectivity index (χ1) is 7.29. The van der Waals surface area contributed by atoms with Crippen LogP contribution in [0.25, 0.3) is 0 Å². The van der Waals surface area contributed by atoms with Gasteiger partial charge in [0.15, 0.2) is 0 Å². The Morgan fingerprint density at radius 3 is 3.00 bits per heavy atom. The second-order valence-corrected chi connectivity index (χ2v) is 4.12. The molecule has 0 bridgehead atoms. The number of piperidine rings is 1. The fraction of sp³-hybridized carbons (Fsp3) is 0.636. The van der Waals surface area contributed by atoms with Gasteiger partial charge in [0.1, 0.15) is 5.82 Å². The minimum atomic E-state index is 0.502. The van der Waals surface area contributed by atoms with Crippen LogP contribution in [-0.2, 0) is 0 Å². The molecular formula is C11H18N4. The van der Waals surface area contributed by atoms with Crippen LogP contribution in [0.15, 0.2) is 12.1 Å². The molecule has 1 aliphatic rings. The van der Waals surface area contributed by atoms with Gasteiger partial charge in [-0.1, -0.05) is 6.92 Å². The van der Waals surface area contributed by atoms with Gasteiger partial charge in [-0.25, -0.2) is 0 Å². The Hall–Kier alpha value is -1.16. The van der Waals surface area contributed by atoms with Crippen LogP contribution >= 0.6 is 0 Å². The molecule has 1 fully saturated rings. The first-order valence-corrected chi connectivity index (χ1v) is 5.61. The average Bonchev–Trinajstić information content (AvgIpc) is 2.30. The van der Waals surface area contributed by atoms with Crippen molar-refractivity contribution >= 4 is 5.82 Å². The second kappa shape index (κ2) is 4.57. The lowest BCUT2D eigenvalue weighted by atomic mass is 9.94. The normalized spacial score (nSPS) is 22.9. The number of hydrogen-bond acceptors (Lipinski definition) is 4. The first-order valence-electron chi connectivity index (χ1n) is 5.61. The summed E-state index contributed by atoms with van der Waals surface area (Å²) in [5.74, 6) is 1.04. The van der Waals surface area contributed by atoms with Gasteiger partial charge in [0.25, 0.3) is 0 Å². The second-order valence-electron chi connectivity index (χ2n) is 4.12. The van der Waals surface area contributed by atoms with Crippen molar-refractivity contribution in [3.05, 3.63) is 17.8 Å². The molecule has 2 heterocycles. The third-order valence-electron chi connectivity index (χ3n) is 3.08. The summed E-state index contributed by atoms with van der Waals surface area (Å²) in [6.07, 6.45) is 2.47. The number of likely N-dealkylation sites (N-methyl/N-ethyl adjacent to an activating group) is 1. The molecule has 1 aliphatic heterocycles. The molecular weight excluding hydrogens is 188 g/mol. The summed E-state index contributed by atoms with van der Waals surface area (Å²) in [7, 11) is 0. The van der Waals surface area contributed by atoms with Crippen molar-refractivity contribution in [2.75, 3.05) is 25.4 Å². The van der Waals surface area contributed by atoms with Crippen LogP contribution in [0, 0.1) is 0 Å². The van der Waals surface area contributed by atoms with Gasteiger partial charge in [-0.15, -0.1) is 5.10 Å². The molecule has 0 aromatic carbocycles. The summed E-state index contributed by atoms with van der Waals surface area (Å²) in [6, 6.07) is 3.85. The monoisotopic (exact) mass is 206 g/mol. The molecule has 0 saturated carbocycles. The maximum atomic E-state index is 5.53. The lowest BCUT2D eigenvalue weighted by Crippen LogP contribution is -2.34. The maximum Gasteiger partial charge on any atom is 0.146 e. The third-order valence-corrected chi connectivity index (χ3v) is 3.08. The molecule has 15 heavy (non-hydrogen) atoms. The Kier molecular flexibility index (Phi) is 3.16. The summed E-state index contributed by atoms with van der Waals surface area (Å²) in [5, 5.41) is 8.08. The van der Waals surface area contributed by atoms with E-state index in [-0.39, 0.29) is 0 Å². The van der Waals surface area contributed by atoms with Crippen LogP contribution in [0.4, 0.5) is 5.82 Å². The lowest BCUT2D eigenvalue weighted by molar-refractivity contribution is 0.215. The van der Waals surface area contributed by atoms with E-state index in [9.17, 15) is 0 Å². The highest BCUT2D eigenvalue weighted by atomic mass is 15.2. The topological polar surface area (TPSA) is 55.0 Å². The zero-order chi connectivity index (χ0) is 10.7. The van der Waals surface area contributed by atoms with Crippen molar-refractivity contribution in [3.63, 3.8) is 0 Å². The molecule has 2 N–H and O–H groups in total. The van der Waals surface area contributed by atoms with Crippen molar-refractivity contribution in [3.8, 4) is 0 Å². The molecule has 4 heteroatoms. The standard InChI is InChI=1S/C11H18N4/c1-2-15-7-3-4-9(8-15)10-5-6-11(12)14-13-10/h5-6,9H,2-4,7-8H2,1H3,(H2,12,14). The van der Waals surface area contributed by atoms with E-state index in [2.05, 4.69) is 22.0 Å². The summed E-state index contributed by atoms with van der Waals surface area (Å²) in [4.78, 5) is 2.46. The molecule has 1 atom stereocenters. The van der Waals surface area contributed by atoms with Gasteiger partial charge >= 0.3 is 0 Å². The van der Waals surface area contributed by atoms with Crippen molar-refractivity contribution in [2.24, 2.45) is 0 Å². The van der Waals surface area contributed by atoms with E-state index >= 15 is 0 Å². The van der Waals surface area contributed by atoms with E-state index < -0.39 is 0 Å². The van der Waals surface area contributed by atoms with Crippen molar-refractivity contribution < 1.29 is 0 Å². The molecule has 82 valence electrons. The fourth-order valence-electron chi connectivity index (χ4n) is 2.15. The summed E-state index contributed by atoms with van der Waals surface area (Å²) in [5.41, 5.74) is 6.61. The number of likely N-dealkylation sites (tertiary alicyclic amines) is 1. The number of rotatable bonds is 2. The van der Waals surface area contributed by atoms with Crippen LogP contribution in [0.3, 0.4) is 0 Å². The van der Waals surface area contributed by atoms with Gasteiger partial charge in [-0.3, -0.25) is 0 Å². The zero-order valence-corrected chi connectivity index (χ0v) is 9.19. The van der Waals surface area contributed by atoms with Crippen LogP contribution in [0.2, 0.25) is 0 Å². The minimum absolute atomic E-state index is 0.502.